The first-order valence-corrected chi connectivity index (χ1v) is 41.6. The second-order valence-electron chi connectivity index (χ2n) is 32.0. The summed E-state index contributed by atoms with van der Waals surface area (Å²) in [4.78, 5) is 0. The van der Waals surface area contributed by atoms with Crippen LogP contribution in [0.1, 0.15) is 87.7 Å². The maximum Gasteiger partial charge on any atom is 0.186 e. The van der Waals surface area contributed by atoms with E-state index in [0.717, 1.165) is 83.1 Å². The number of nitrogens with zero attached hydrogens (tertiary/aromatic N) is 9. The van der Waals surface area contributed by atoms with E-state index in [4.69, 9.17) is 15.3 Å². The molecule has 0 saturated heterocycles. The van der Waals surface area contributed by atoms with Crippen LogP contribution in [0.25, 0.3) is 177 Å². The van der Waals surface area contributed by atoms with Crippen molar-refractivity contribution in [2.45, 2.75) is 83.5 Å². The lowest BCUT2D eigenvalue weighted by Crippen LogP contribution is -2.09. The van der Waals surface area contributed by atoms with Crippen molar-refractivity contribution in [2.24, 2.45) is 0 Å². The van der Waals surface area contributed by atoms with Gasteiger partial charge in [-0.05, 0) is 188 Å². The largest absolute Gasteiger partial charge is 0.309 e. The maximum absolute atomic E-state index is 15.8. The molecule has 2 aliphatic carbocycles. The van der Waals surface area contributed by atoms with Gasteiger partial charge in [0.1, 0.15) is 17.3 Å². The molecular weight excluding hydrogens is 1510 g/mol. The quantitative estimate of drug-likeness (QED) is 0.112. The Hall–Kier alpha value is -14.3. The molecule has 2 aliphatic rings. The smallest absolute Gasteiger partial charge is 0.186 e. The summed E-state index contributed by atoms with van der Waals surface area (Å²) >= 11 is 0. The van der Waals surface area contributed by atoms with Crippen LogP contribution >= 0.6 is 0 Å². The van der Waals surface area contributed by atoms with E-state index in [9.17, 15) is 8.78 Å². The molecule has 0 amide bonds. The molecule has 0 spiro atoms. The van der Waals surface area contributed by atoms with Crippen LogP contribution in [-0.2, 0) is 0 Å². The number of aromatic nitrogens is 9. The molecule has 13 aromatic carbocycles. The molecule has 0 aliphatic heterocycles. The zero-order valence-electron chi connectivity index (χ0n) is 66.2. The zero-order valence-corrected chi connectivity index (χ0v) is 66.2. The fourth-order valence-corrected chi connectivity index (χ4v) is 18.6. The van der Waals surface area contributed by atoms with Gasteiger partial charge in [0.25, 0.3) is 0 Å². The Balaban J connectivity index is 0.000000109. The summed E-state index contributed by atoms with van der Waals surface area (Å²) in [6.45, 7) is 2.19. The highest BCUT2D eigenvalue weighted by Crippen LogP contribution is 2.43. The number of aryl methyl sites for hydroxylation is 1. The van der Waals surface area contributed by atoms with Crippen LogP contribution in [0.5, 0.6) is 0 Å². The molecule has 0 N–H and O–H groups in total. The summed E-state index contributed by atoms with van der Waals surface area (Å²) in [6.07, 6.45) is 15.8. The SMILES string of the molecule is C1CCCCC1.Cc1ccc2c(c1)c1cc(C3CCCCC3)ccc1n2-c1ccc(-c2cc3ccc4ccccc4n3n2)cc1.Fc1c(F)c(-n2c3ccccc3c3ccccc32)c(F)c(F)c1-c1ccc(-c2cc3ccc4ccccc4n3n2)cc1.Fc1ccc2c(c1)c1cc(F)ccc1n2-c1ccc(-c2cc3ccc4ccccc4n3n2)cc1. The number of fused-ring (bicyclic) bond motifs is 18. The van der Waals surface area contributed by atoms with E-state index >= 15 is 17.6 Å². The maximum atomic E-state index is 15.8. The Morgan fingerprint density at radius 1 is 0.264 bits per heavy atom. The van der Waals surface area contributed by atoms with Crippen LogP contribution in [0.2, 0.25) is 0 Å². The fraction of sp³-hybridized carbons (Fsp3) is 0.123. The molecule has 9 aromatic heterocycles. The van der Waals surface area contributed by atoms with Crippen molar-refractivity contribution in [3.05, 3.63) is 368 Å². The van der Waals surface area contributed by atoms with E-state index in [1.165, 1.54) is 156 Å². The van der Waals surface area contributed by atoms with Gasteiger partial charge in [-0.2, -0.15) is 15.3 Å². The number of rotatable bonds is 8. The van der Waals surface area contributed by atoms with Crippen LogP contribution in [-0.4, -0.2) is 42.5 Å². The Morgan fingerprint density at radius 2 is 0.603 bits per heavy atom. The average Bonchev–Trinajstić information content (AvgIpc) is 1.58. The summed E-state index contributed by atoms with van der Waals surface area (Å²) in [6, 6.07) is 104. The number of halogens is 6. The third-order valence-corrected chi connectivity index (χ3v) is 24.6. The van der Waals surface area contributed by atoms with Crippen molar-refractivity contribution in [2.75, 3.05) is 0 Å². The highest BCUT2D eigenvalue weighted by Gasteiger charge is 2.30. The van der Waals surface area contributed by atoms with Gasteiger partial charge in [-0.15, -0.1) is 0 Å². The minimum absolute atomic E-state index is 0.00883. The first kappa shape index (κ1) is 74.3. The number of para-hydroxylation sites is 5. The third kappa shape index (κ3) is 13.4. The Morgan fingerprint density at radius 3 is 1.03 bits per heavy atom. The Bertz CT molecular complexity index is 7640. The van der Waals surface area contributed by atoms with Gasteiger partial charge in [-0.25, -0.2) is 39.9 Å². The lowest BCUT2D eigenvalue weighted by molar-refractivity contribution is 0.444. The monoisotopic (exact) mass is 1590 g/mol. The third-order valence-electron chi connectivity index (χ3n) is 24.6. The fourth-order valence-electron chi connectivity index (χ4n) is 18.6. The lowest BCUT2D eigenvalue weighted by Gasteiger charge is -2.22. The summed E-state index contributed by atoms with van der Waals surface area (Å²) < 4.78 is 102. The van der Waals surface area contributed by atoms with E-state index in [2.05, 4.69) is 149 Å². The van der Waals surface area contributed by atoms with E-state index in [1.807, 2.05) is 92.5 Å². The van der Waals surface area contributed by atoms with Crippen LogP contribution in [0, 0.1) is 41.8 Å². The molecule has 24 rings (SSSR count). The Labute approximate surface area is 692 Å². The van der Waals surface area contributed by atoms with Crippen LogP contribution in [0.4, 0.5) is 26.3 Å². The second-order valence-corrected chi connectivity index (χ2v) is 32.0. The van der Waals surface area contributed by atoms with E-state index in [0.29, 0.717) is 49.8 Å². The van der Waals surface area contributed by atoms with Gasteiger partial charge in [-0.3, -0.25) is 0 Å². The van der Waals surface area contributed by atoms with E-state index in [-0.39, 0.29) is 17.2 Å². The average molecular weight is 1590 g/mol. The standard InChI is InChI=1S/C36H31N3.C35H19F4N3.C29H17F2N3.C6H12/c1-24-11-19-35-31(21-24)32-22-28(25-7-3-2-4-8-25)15-20-36(32)38(35)29-16-12-26(13-17-29)33-23-30-18-14-27-9-5-6-10-34(27)39(30)37-33;36-31-30(22-15-13-20(14-16-22)26-19-23-18-17-21-7-1-4-10-27(21)42(23)40-26)32(37)34(39)35(33(31)38)41-28-11-5-2-8-24(28)25-9-3-6-12-29(25)41;30-20-8-13-28-24(15-20)25-16-21(31)9-14-29(25)33(28)22-10-5-18(6-11-22)26-17-23-12-7-19-3-1-2-4-27(19)34(23)32-26;1-2-4-6-5-3-1/h5-6,9-23,25H,2-4,7-8H2,1H3;1-19H;1-17H;1-6H2. The molecule has 22 aromatic rings. The molecule has 0 bridgehead atoms. The first-order chi connectivity index (χ1) is 59.4. The van der Waals surface area contributed by atoms with Crippen molar-refractivity contribution in [3.8, 4) is 62.0 Å². The highest BCUT2D eigenvalue weighted by atomic mass is 19.2. The van der Waals surface area contributed by atoms with Gasteiger partial charge in [0.15, 0.2) is 23.3 Å². The minimum Gasteiger partial charge on any atom is -0.309 e. The van der Waals surface area contributed by atoms with Crippen LogP contribution in [0.15, 0.2) is 322 Å². The predicted molar refractivity (Wildman–Crippen MR) is 481 cm³/mol. The lowest BCUT2D eigenvalue weighted by atomic mass is 9.84. The van der Waals surface area contributed by atoms with Gasteiger partial charge in [0, 0.05) is 76.5 Å². The minimum atomic E-state index is -1.47. The van der Waals surface area contributed by atoms with Gasteiger partial charge in [-0.1, -0.05) is 233 Å². The van der Waals surface area contributed by atoms with Crippen molar-refractivity contribution in [3.63, 3.8) is 0 Å². The summed E-state index contributed by atoms with van der Waals surface area (Å²) in [7, 11) is 0. The molecule has 9 nitrogen and oxygen atoms in total. The van der Waals surface area contributed by atoms with E-state index in [1.54, 1.807) is 72.8 Å². The first-order valence-electron chi connectivity index (χ1n) is 41.6. The number of pyridine rings is 3. The summed E-state index contributed by atoms with van der Waals surface area (Å²) in [5.74, 6) is -5.84. The molecule has 0 atom stereocenters. The zero-order chi connectivity index (χ0) is 81.5. The van der Waals surface area contributed by atoms with Crippen molar-refractivity contribution < 1.29 is 26.3 Å². The molecule has 15 heteroatoms. The molecule has 590 valence electrons. The molecule has 0 unspecified atom stereocenters. The summed E-state index contributed by atoms with van der Waals surface area (Å²) in [5.41, 5.74) is 19.9. The summed E-state index contributed by atoms with van der Waals surface area (Å²) in [5, 5.41) is 23.4. The molecule has 9 heterocycles. The number of benzene rings is 13. The van der Waals surface area contributed by atoms with Gasteiger partial charge >= 0.3 is 0 Å². The normalized spacial score (nSPS) is 13.3. The number of hydrogen-bond donors (Lipinski definition) is 0. The highest BCUT2D eigenvalue weighted by molar-refractivity contribution is 6.12. The molecule has 0 radical (unpaired) electrons. The predicted octanol–water partition coefficient (Wildman–Crippen LogP) is 29.0. The molecule has 121 heavy (non-hydrogen) atoms. The van der Waals surface area contributed by atoms with Crippen molar-refractivity contribution >= 4 is 115 Å². The number of hydrogen-bond acceptors (Lipinski definition) is 3. The van der Waals surface area contributed by atoms with Crippen molar-refractivity contribution in [1.82, 2.24) is 42.5 Å². The topological polar surface area (TPSA) is 66.7 Å². The van der Waals surface area contributed by atoms with Gasteiger partial charge in [0.2, 0.25) is 0 Å². The Kier molecular flexibility index (Phi) is 18.9. The van der Waals surface area contributed by atoms with E-state index < -0.39 is 34.5 Å². The van der Waals surface area contributed by atoms with Crippen LogP contribution in [0.3, 0.4) is 0 Å². The second kappa shape index (κ2) is 30.9. The van der Waals surface area contributed by atoms with Crippen molar-refractivity contribution in [1.29, 1.82) is 0 Å². The van der Waals surface area contributed by atoms with Gasteiger partial charge in [0.05, 0.1) is 88.8 Å². The molecular formula is C106H79F6N9. The molecule has 2 saturated carbocycles. The molecule has 2 fully saturated rings. The van der Waals surface area contributed by atoms with Crippen LogP contribution < -0.4 is 0 Å². The van der Waals surface area contributed by atoms with Gasteiger partial charge < -0.3 is 13.7 Å².